The van der Waals surface area contributed by atoms with Gasteiger partial charge in [-0.25, -0.2) is 0 Å². The second-order valence-electron chi connectivity index (χ2n) is 5.98. The Balaban J connectivity index is 1.97. The van der Waals surface area contributed by atoms with Crippen LogP contribution < -0.4 is 5.73 Å². The minimum absolute atomic E-state index is 0.101. The van der Waals surface area contributed by atoms with Crippen molar-refractivity contribution in [2.45, 2.75) is 38.3 Å². The quantitative estimate of drug-likeness (QED) is 0.850. The summed E-state index contributed by atoms with van der Waals surface area (Å²) in [7, 11) is 1.89. The lowest BCUT2D eigenvalue weighted by Gasteiger charge is -2.28. The van der Waals surface area contributed by atoms with Crippen molar-refractivity contribution in [3.8, 4) is 0 Å². The van der Waals surface area contributed by atoms with Crippen LogP contribution in [-0.4, -0.2) is 23.9 Å². The van der Waals surface area contributed by atoms with Crippen molar-refractivity contribution < 1.29 is 4.79 Å². The smallest absolute Gasteiger partial charge is 0.224 e. The lowest BCUT2D eigenvalue weighted by molar-refractivity contribution is -0.132. The molecule has 3 nitrogen and oxygen atoms in total. The Bertz CT molecular complexity index is 598. The van der Waals surface area contributed by atoms with Gasteiger partial charge < -0.3 is 10.6 Å². The van der Waals surface area contributed by atoms with Gasteiger partial charge in [0.2, 0.25) is 5.91 Å². The average molecular weight is 310 g/mol. The molecule has 1 amide bonds. The predicted molar refractivity (Wildman–Crippen MR) is 95.0 cm³/mol. The lowest BCUT2D eigenvalue weighted by atomic mass is 10.0. The molecule has 2 unspecified atom stereocenters. The minimum atomic E-state index is -0.250. The lowest BCUT2D eigenvalue weighted by Crippen LogP contribution is -2.39. The van der Waals surface area contributed by atoms with Crippen molar-refractivity contribution in [1.29, 1.82) is 0 Å². The summed E-state index contributed by atoms with van der Waals surface area (Å²) >= 11 is 0. The molecular weight excluding hydrogens is 284 g/mol. The second-order valence-corrected chi connectivity index (χ2v) is 5.98. The van der Waals surface area contributed by atoms with Crippen molar-refractivity contribution in [2.24, 2.45) is 5.73 Å². The number of likely N-dealkylation sites (N-methyl/N-ethyl adjacent to an activating group) is 1. The molecule has 0 spiro atoms. The van der Waals surface area contributed by atoms with Crippen LogP contribution in [0.4, 0.5) is 0 Å². The molecule has 2 aromatic carbocycles. The molecule has 3 heteroatoms. The highest BCUT2D eigenvalue weighted by Crippen LogP contribution is 2.17. The fourth-order valence-corrected chi connectivity index (χ4v) is 2.80. The van der Waals surface area contributed by atoms with E-state index in [1.165, 1.54) is 5.56 Å². The summed E-state index contributed by atoms with van der Waals surface area (Å²) in [5, 5.41) is 0. The number of rotatable bonds is 7. The van der Waals surface area contributed by atoms with Crippen LogP contribution in [0.1, 0.15) is 36.9 Å². The van der Waals surface area contributed by atoms with Crippen molar-refractivity contribution in [2.75, 3.05) is 7.05 Å². The summed E-state index contributed by atoms with van der Waals surface area (Å²) < 4.78 is 0. The van der Waals surface area contributed by atoms with Gasteiger partial charge in [-0.15, -0.1) is 0 Å². The molecule has 2 aromatic rings. The van der Waals surface area contributed by atoms with Gasteiger partial charge in [-0.2, -0.15) is 0 Å². The van der Waals surface area contributed by atoms with Crippen LogP contribution in [-0.2, 0) is 11.2 Å². The number of carbonyl (C=O) groups excluding carboxylic acids is 1. The van der Waals surface area contributed by atoms with Gasteiger partial charge in [0.25, 0.3) is 0 Å². The standard InChI is InChI=1S/C20H26N2O/c1-3-18(14-16-10-6-4-7-11-16)22(2)20(23)15-19(21)17-12-8-5-9-13-17/h4-13,18-19H,3,14-15,21H2,1-2H3. The first-order valence-electron chi connectivity index (χ1n) is 8.22. The van der Waals surface area contributed by atoms with Gasteiger partial charge in [0.05, 0.1) is 0 Å². The Morgan fingerprint density at radius 2 is 1.61 bits per heavy atom. The Kier molecular flexibility index (Phi) is 6.36. The number of amides is 1. The van der Waals surface area contributed by atoms with Gasteiger partial charge in [-0.1, -0.05) is 67.6 Å². The van der Waals surface area contributed by atoms with E-state index in [9.17, 15) is 4.79 Å². The first-order valence-corrected chi connectivity index (χ1v) is 8.22. The normalized spacial score (nSPS) is 13.3. The maximum Gasteiger partial charge on any atom is 0.224 e. The molecule has 0 saturated carbocycles. The zero-order valence-corrected chi connectivity index (χ0v) is 14.0. The number of nitrogens with zero attached hydrogens (tertiary/aromatic N) is 1. The van der Waals surface area contributed by atoms with Crippen molar-refractivity contribution >= 4 is 5.91 Å². The van der Waals surface area contributed by atoms with E-state index in [0.29, 0.717) is 6.42 Å². The third kappa shape index (κ3) is 4.93. The Labute approximate surface area is 139 Å². The Hall–Kier alpha value is -2.13. The molecule has 0 aromatic heterocycles. The molecule has 0 radical (unpaired) electrons. The first kappa shape index (κ1) is 17.2. The highest BCUT2D eigenvalue weighted by molar-refractivity contribution is 5.77. The van der Waals surface area contributed by atoms with Gasteiger partial charge >= 0.3 is 0 Å². The van der Waals surface area contributed by atoms with E-state index in [4.69, 9.17) is 5.73 Å². The van der Waals surface area contributed by atoms with E-state index in [-0.39, 0.29) is 18.0 Å². The fourth-order valence-electron chi connectivity index (χ4n) is 2.80. The van der Waals surface area contributed by atoms with Crippen LogP contribution in [0, 0.1) is 0 Å². The summed E-state index contributed by atoms with van der Waals surface area (Å²) in [4.78, 5) is 14.4. The van der Waals surface area contributed by atoms with Crippen LogP contribution in [0.2, 0.25) is 0 Å². The van der Waals surface area contributed by atoms with Crippen LogP contribution in [0.15, 0.2) is 60.7 Å². The molecule has 23 heavy (non-hydrogen) atoms. The first-order chi connectivity index (χ1) is 11.1. The molecule has 0 aliphatic rings. The molecule has 0 saturated heterocycles. The van der Waals surface area contributed by atoms with E-state index in [1.54, 1.807) is 0 Å². The van der Waals surface area contributed by atoms with Crippen LogP contribution in [0.3, 0.4) is 0 Å². The largest absolute Gasteiger partial charge is 0.342 e. The van der Waals surface area contributed by atoms with Gasteiger partial charge in [-0.3, -0.25) is 4.79 Å². The third-order valence-electron chi connectivity index (χ3n) is 4.35. The van der Waals surface area contributed by atoms with Crippen LogP contribution >= 0.6 is 0 Å². The SMILES string of the molecule is CCC(Cc1ccccc1)N(C)C(=O)CC(N)c1ccccc1. The topological polar surface area (TPSA) is 46.3 Å². The molecule has 2 N–H and O–H groups in total. The van der Waals surface area contributed by atoms with Gasteiger partial charge in [0, 0.05) is 25.6 Å². The van der Waals surface area contributed by atoms with E-state index >= 15 is 0 Å². The molecule has 122 valence electrons. The molecule has 0 bridgehead atoms. The third-order valence-corrected chi connectivity index (χ3v) is 4.35. The van der Waals surface area contributed by atoms with Gasteiger partial charge in [-0.05, 0) is 24.0 Å². The second kappa shape index (κ2) is 8.49. The summed E-state index contributed by atoms with van der Waals surface area (Å²) in [6.07, 6.45) is 2.14. The molecule has 2 atom stereocenters. The summed E-state index contributed by atoms with van der Waals surface area (Å²) in [5.74, 6) is 0.101. The highest BCUT2D eigenvalue weighted by atomic mass is 16.2. The maximum atomic E-state index is 12.6. The number of hydrogen-bond acceptors (Lipinski definition) is 2. The van der Waals surface area contributed by atoms with Crippen LogP contribution in [0.5, 0.6) is 0 Å². The number of hydrogen-bond donors (Lipinski definition) is 1. The molecular formula is C20H26N2O. The number of nitrogens with two attached hydrogens (primary N) is 1. The maximum absolute atomic E-state index is 12.6. The molecule has 0 aliphatic carbocycles. The zero-order chi connectivity index (χ0) is 16.7. The van der Waals surface area contributed by atoms with Gasteiger partial charge in [0.15, 0.2) is 0 Å². The minimum Gasteiger partial charge on any atom is -0.342 e. The molecule has 0 fully saturated rings. The van der Waals surface area contributed by atoms with E-state index in [0.717, 1.165) is 18.4 Å². The molecule has 2 rings (SSSR count). The number of carbonyl (C=O) groups is 1. The summed E-state index contributed by atoms with van der Waals surface area (Å²) in [5.41, 5.74) is 8.44. The summed E-state index contributed by atoms with van der Waals surface area (Å²) in [6, 6.07) is 20.1. The molecule has 0 heterocycles. The highest BCUT2D eigenvalue weighted by Gasteiger charge is 2.21. The molecule has 0 aliphatic heterocycles. The van der Waals surface area contributed by atoms with E-state index in [1.807, 2.05) is 60.5 Å². The monoisotopic (exact) mass is 310 g/mol. The Morgan fingerprint density at radius 1 is 1.04 bits per heavy atom. The van der Waals surface area contributed by atoms with E-state index in [2.05, 4.69) is 19.1 Å². The Morgan fingerprint density at radius 3 is 2.17 bits per heavy atom. The van der Waals surface area contributed by atoms with Crippen LogP contribution in [0.25, 0.3) is 0 Å². The fraction of sp³-hybridized carbons (Fsp3) is 0.350. The number of benzene rings is 2. The van der Waals surface area contributed by atoms with Gasteiger partial charge in [0.1, 0.15) is 0 Å². The van der Waals surface area contributed by atoms with Crippen molar-refractivity contribution in [3.05, 3.63) is 71.8 Å². The van der Waals surface area contributed by atoms with Crippen molar-refractivity contribution in [3.63, 3.8) is 0 Å². The summed E-state index contributed by atoms with van der Waals surface area (Å²) in [6.45, 7) is 2.12. The van der Waals surface area contributed by atoms with Crippen molar-refractivity contribution in [1.82, 2.24) is 4.90 Å². The predicted octanol–water partition coefficient (Wildman–Crippen LogP) is 3.56. The zero-order valence-electron chi connectivity index (χ0n) is 14.0. The average Bonchev–Trinajstić information content (AvgIpc) is 2.60. The van der Waals surface area contributed by atoms with E-state index < -0.39 is 0 Å².